The van der Waals surface area contributed by atoms with Gasteiger partial charge in [-0.2, -0.15) is 0 Å². The first-order chi connectivity index (χ1) is 12.2. The minimum atomic E-state index is -3.03. The second kappa shape index (κ2) is 7.15. The number of carboxylic acid groups (broad SMARTS) is 1. The van der Waals surface area contributed by atoms with Crippen molar-refractivity contribution in [1.29, 1.82) is 0 Å². The van der Waals surface area contributed by atoms with E-state index in [-0.39, 0.29) is 6.42 Å². The number of nitrogens with one attached hydrogen (secondary N) is 1. The molecule has 26 heavy (non-hydrogen) atoms. The van der Waals surface area contributed by atoms with Gasteiger partial charge < -0.3 is 15.2 Å². The van der Waals surface area contributed by atoms with Gasteiger partial charge in [-0.05, 0) is 44.5 Å². The van der Waals surface area contributed by atoms with E-state index in [1.54, 1.807) is 0 Å². The molecule has 3 rings (SSSR count). The molecule has 2 aliphatic rings. The third kappa shape index (κ3) is 3.57. The molecule has 8 heteroatoms. The molecule has 1 heterocycles. The van der Waals surface area contributed by atoms with Crippen LogP contribution < -0.4 is 5.32 Å². The molecule has 2 atom stereocenters. The van der Waals surface area contributed by atoms with Crippen LogP contribution >= 0.6 is 0 Å². The Kier molecular flexibility index (Phi) is 5.25. The van der Waals surface area contributed by atoms with Crippen molar-refractivity contribution in [3.05, 3.63) is 35.4 Å². The van der Waals surface area contributed by atoms with Crippen LogP contribution in [0.15, 0.2) is 18.2 Å². The van der Waals surface area contributed by atoms with E-state index in [2.05, 4.69) is 5.32 Å². The molecule has 0 aromatic heterocycles. The van der Waals surface area contributed by atoms with Gasteiger partial charge in [0.25, 0.3) is 0 Å². The van der Waals surface area contributed by atoms with Crippen molar-refractivity contribution in [2.75, 3.05) is 13.1 Å². The molecule has 0 bridgehead atoms. The van der Waals surface area contributed by atoms with Crippen molar-refractivity contribution in [3.8, 4) is 0 Å². The van der Waals surface area contributed by atoms with Crippen molar-refractivity contribution >= 4 is 5.97 Å². The number of alkyl halides is 2. The van der Waals surface area contributed by atoms with Gasteiger partial charge in [0.15, 0.2) is 5.60 Å². The lowest BCUT2D eigenvalue weighted by molar-refractivity contribution is -0.193. The Labute approximate surface area is 148 Å². The predicted octanol–water partition coefficient (Wildman–Crippen LogP) is 3.45. The molecule has 2 fully saturated rings. The standard InChI is InChI=1S/C18H21F4NO3/c19-12-1-2-14(15(20)9-12)18(16(24)25,11-3-6-17(21,22)10-11)26-13-4-7-23-8-5-13/h1-2,9,11,13,23H,3-8,10H2,(H,24,25)/t11-,18-/m1/s1. The zero-order chi connectivity index (χ0) is 18.9. The van der Waals surface area contributed by atoms with Gasteiger partial charge in [0, 0.05) is 30.4 Å². The van der Waals surface area contributed by atoms with Gasteiger partial charge in [0.05, 0.1) is 6.10 Å². The molecule has 1 saturated carbocycles. The van der Waals surface area contributed by atoms with Gasteiger partial charge in [-0.3, -0.25) is 0 Å². The number of aliphatic carboxylic acids is 1. The topological polar surface area (TPSA) is 58.6 Å². The van der Waals surface area contributed by atoms with Crippen LogP contribution in [0.25, 0.3) is 0 Å². The number of ether oxygens (including phenoxy) is 1. The fourth-order valence-corrected chi connectivity index (χ4v) is 3.98. The number of benzene rings is 1. The molecule has 1 aliphatic heterocycles. The van der Waals surface area contributed by atoms with Crippen molar-refractivity contribution < 1.29 is 32.2 Å². The van der Waals surface area contributed by atoms with E-state index in [9.17, 15) is 27.5 Å². The zero-order valence-electron chi connectivity index (χ0n) is 14.1. The molecule has 1 aliphatic carbocycles. The molecular weight excluding hydrogens is 354 g/mol. The van der Waals surface area contributed by atoms with Crippen LogP contribution in [-0.4, -0.2) is 36.2 Å². The number of rotatable bonds is 5. The Morgan fingerprint density at radius 2 is 1.92 bits per heavy atom. The number of carboxylic acids is 1. The first-order valence-corrected chi connectivity index (χ1v) is 8.70. The average Bonchev–Trinajstić information content (AvgIpc) is 2.94. The van der Waals surface area contributed by atoms with Gasteiger partial charge in [-0.15, -0.1) is 0 Å². The number of carbonyl (C=O) groups is 1. The zero-order valence-corrected chi connectivity index (χ0v) is 14.1. The molecule has 144 valence electrons. The van der Waals surface area contributed by atoms with E-state index in [1.165, 1.54) is 0 Å². The maximum Gasteiger partial charge on any atom is 0.341 e. The van der Waals surface area contributed by atoms with Crippen molar-refractivity contribution in [1.82, 2.24) is 5.32 Å². The van der Waals surface area contributed by atoms with Crippen molar-refractivity contribution in [3.63, 3.8) is 0 Å². The van der Waals surface area contributed by atoms with Crippen LogP contribution in [0.1, 0.15) is 37.7 Å². The maximum absolute atomic E-state index is 14.5. The highest BCUT2D eigenvalue weighted by Crippen LogP contribution is 2.50. The minimum absolute atomic E-state index is 0.110. The fourth-order valence-electron chi connectivity index (χ4n) is 3.98. The van der Waals surface area contributed by atoms with Gasteiger partial charge >= 0.3 is 5.97 Å². The summed E-state index contributed by atoms with van der Waals surface area (Å²) in [5, 5.41) is 13.1. The highest BCUT2D eigenvalue weighted by atomic mass is 19.3. The van der Waals surface area contributed by atoms with Crippen LogP contribution in [0.4, 0.5) is 17.6 Å². The van der Waals surface area contributed by atoms with Crippen LogP contribution in [-0.2, 0) is 15.1 Å². The molecule has 0 radical (unpaired) electrons. The minimum Gasteiger partial charge on any atom is -0.479 e. The molecule has 1 aromatic rings. The van der Waals surface area contributed by atoms with E-state index in [0.29, 0.717) is 32.0 Å². The number of piperidine rings is 1. The first-order valence-electron chi connectivity index (χ1n) is 8.70. The summed E-state index contributed by atoms with van der Waals surface area (Å²) in [6.45, 7) is 1.18. The van der Waals surface area contributed by atoms with E-state index in [0.717, 1.165) is 12.1 Å². The largest absolute Gasteiger partial charge is 0.479 e. The van der Waals surface area contributed by atoms with E-state index >= 15 is 0 Å². The van der Waals surface area contributed by atoms with E-state index in [4.69, 9.17) is 4.74 Å². The molecular formula is C18H21F4NO3. The third-order valence-corrected chi connectivity index (χ3v) is 5.27. The molecule has 0 amide bonds. The molecule has 4 nitrogen and oxygen atoms in total. The highest BCUT2D eigenvalue weighted by molar-refractivity contribution is 5.80. The van der Waals surface area contributed by atoms with Gasteiger partial charge in [0.2, 0.25) is 5.92 Å². The second-order valence-electron chi connectivity index (χ2n) is 7.03. The Bertz CT molecular complexity index is 678. The summed E-state index contributed by atoms with van der Waals surface area (Å²) in [5.74, 6) is -7.63. The van der Waals surface area contributed by atoms with Crippen LogP contribution in [0.2, 0.25) is 0 Å². The predicted molar refractivity (Wildman–Crippen MR) is 84.9 cm³/mol. The molecule has 1 aromatic carbocycles. The summed E-state index contributed by atoms with van der Waals surface area (Å²) in [6.07, 6.45) is -0.833. The first kappa shape index (κ1) is 19.1. The number of hydrogen-bond donors (Lipinski definition) is 2. The Hall–Kier alpha value is -1.67. The lowest BCUT2D eigenvalue weighted by atomic mass is 9.79. The van der Waals surface area contributed by atoms with Crippen molar-refractivity contribution in [2.45, 2.75) is 49.7 Å². The van der Waals surface area contributed by atoms with Crippen LogP contribution in [0.5, 0.6) is 0 Å². The smallest absolute Gasteiger partial charge is 0.341 e. The molecule has 1 saturated heterocycles. The Balaban J connectivity index is 2.07. The lowest BCUT2D eigenvalue weighted by Crippen LogP contribution is -2.50. The monoisotopic (exact) mass is 375 g/mol. The fraction of sp³-hybridized carbons (Fsp3) is 0.611. The SMILES string of the molecule is O=C(O)[C@](OC1CCNCC1)(c1ccc(F)cc1F)[C@@H]1CCC(F)(F)C1. The van der Waals surface area contributed by atoms with Gasteiger partial charge in [-0.25, -0.2) is 22.4 Å². The quantitative estimate of drug-likeness (QED) is 0.774. The van der Waals surface area contributed by atoms with Crippen LogP contribution in [0.3, 0.4) is 0 Å². The van der Waals surface area contributed by atoms with Crippen LogP contribution in [0, 0.1) is 17.6 Å². The highest BCUT2D eigenvalue weighted by Gasteiger charge is 2.57. The summed E-state index contributed by atoms with van der Waals surface area (Å²) in [4.78, 5) is 12.3. The third-order valence-electron chi connectivity index (χ3n) is 5.27. The summed E-state index contributed by atoms with van der Waals surface area (Å²) in [7, 11) is 0. The molecule has 2 N–H and O–H groups in total. The summed E-state index contributed by atoms with van der Waals surface area (Å²) in [5.41, 5.74) is -2.66. The Morgan fingerprint density at radius 3 is 2.46 bits per heavy atom. The number of halogens is 4. The van der Waals surface area contributed by atoms with Gasteiger partial charge in [-0.1, -0.05) is 0 Å². The van der Waals surface area contributed by atoms with Crippen molar-refractivity contribution in [2.24, 2.45) is 5.92 Å². The second-order valence-corrected chi connectivity index (χ2v) is 7.03. The van der Waals surface area contributed by atoms with E-state index in [1.807, 2.05) is 0 Å². The molecule has 0 spiro atoms. The normalized spacial score (nSPS) is 25.8. The van der Waals surface area contributed by atoms with E-state index < -0.39 is 59.6 Å². The number of hydrogen-bond acceptors (Lipinski definition) is 3. The average molecular weight is 375 g/mol. The summed E-state index contributed by atoms with van der Waals surface area (Å²) < 4.78 is 61.4. The Morgan fingerprint density at radius 1 is 1.23 bits per heavy atom. The summed E-state index contributed by atoms with van der Waals surface area (Å²) in [6, 6.07) is 2.48. The summed E-state index contributed by atoms with van der Waals surface area (Å²) >= 11 is 0. The van der Waals surface area contributed by atoms with Gasteiger partial charge in [0.1, 0.15) is 11.6 Å². The lowest BCUT2D eigenvalue weighted by Gasteiger charge is -2.40. The molecule has 0 unspecified atom stereocenters. The maximum atomic E-state index is 14.5.